The lowest BCUT2D eigenvalue weighted by molar-refractivity contribution is -0.141. The number of nitrogens with zero attached hydrogens (tertiary/aromatic N) is 2. The van der Waals surface area contributed by atoms with E-state index in [9.17, 15) is 19.2 Å². The number of nitrogens with one attached hydrogen (secondary N) is 4. The maximum absolute atomic E-state index is 13.0. The summed E-state index contributed by atoms with van der Waals surface area (Å²) in [6, 6.07) is -4.31. The molecule has 1 aromatic rings. The van der Waals surface area contributed by atoms with Crippen LogP contribution in [0.15, 0.2) is 17.5 Å². The fourth-order valence-corrected chi connectivity index (χ4v) is 2.77. The standard InChI is InChI=1S/C18H31N9O5S/c1-9(17(31)32)25-15(29)12(3-2-4-23-18(20)21)26-16(30)13(5-10-6-22-8-24-10)27-14(28)11(19)7-33/h6,8-9,11-13,33H,2-5,7,19H2,1H3,(H,22,24)(H,25,29)(H,26,30)(H,27,28)(H,31,32)(H4,20,21,23). The number of aliphatic imine (C=N–C) groups is 1. The quantitative estimate of drug-likeness (QED) is 0.0557. The largest absolute Gasteiger partial charge is 0.480 e. The molecule has 33 heavy (non-hydrogen) atoms. The number of H-pyrrole nitrogens is 1. The van der Waals surface area contributed by atoms with E-state index in [4.69, 9.17) is 22.3 Å². The van der Waals surface area contributed by atoms with Gasteiger partial charge in [0.1, 0.15) is 18.1 Å². The van der Waals surface area contributed by atoms with E-state index in [1.165, 1.54) is 19.4 Å². The van der Waals surface area contributed by atoms with Crippen molar-refractivity contribution in [1.82, 2.24) is 25.9 Å². The smallest absolute Gasteiger partial charge is 0.325 e. The highest BCUT2D eigenvalue weighted by Gasteiger charge is 2.29. The summed E-state index contributed by atoms with van der Waals surface area (Å²) in [7, 11) is 0. The minimum Gasteiger partial charge on any atom is -0.480 e. The average molecular weight is 486 g/mol. The molecule has 0 radical (unpaired) electrons. The number of thiol groups is 1. The Hall–Kier alpha value is -3.33. The molecule has 4 unspecified atom stereocenters. The molecule has 1 heterocycles. The normalized spacial score (nSPS) is 14.3. The number of hydrogen-bond donors (Lipinski definition) is 9. The molecule has 11 N–H and O–H groups in total. The van der Waals surface area contributed by atoms with Gasteiger partial charge in [0.2, 0.25) is 17.7 Å². The van der Waals surface area contributed by atoms with Gasteiger partial charge in [-0.15, -0.1) is 0 Å². The third-order valence-electron chi connectivity index (χ3n) is 4.45. The maximum Gasteiger partial charge on any atom is 0.325 e. The number of guanidine groups is 1. The van der Waals surface area contributed by atoms with Gasteiger partial charge in [-0.3, -0.25) is 24.2 Å². The van der Waals surface area contributed by atoms with Gasteiger partial charge in [-0.05, 0) is 19.8 Å². The summed E-state index contributed by atoms with van der Waals surface area (Å²) in [5, 5.41) is 16.5. The van der Waals surface area contributed by atoms with Crippen molar-refractivity contribution in [2.75, 3.05) is 12.3 Å². The minimum atomic E-state index is -1.24. The number of aromatic amines is 1. The van der Waals surface area contributed by atoms with E-state index < -0.39 is 47.9 Å². The molecule has 0 saturated carbocycles. The third kappa shape index (κ3) is 10.2. The van der Waals surface area contributed by atoms with Crippen molar-refractivity contribution in [2.24, 2.45) is 22.2 Å². The number of amides is 3. The van der Waals surface area contributed by atoms with Gasteiger partial charge in [-0.25, -0.2) is 4.98 Å². The number of aliphatic carboxylic acids is 1. The summed E-state index contributed by atoms with van der Waals surface area (Å²) in [6.07, 6.45) is 3.38. The van der Waals surface area contributed by atoms with Crippen LogP contribution in [0.2, 0.25) is 0 Å². The lowest BCUT2D eigenvalue weighted by Gasteiger charge is -2.24. The molecule has 1 rings (SSSR count). The van der Waals surface area contributed by atoms with Gasteiger partial charge in [0, 0.05) is 30.6 Å². The Morgan fingerprint density at radius 3 is 2.33 bits per heavy atom. The predicted octanol–water partition coefficient (Wildman–Crippen LogP) is -3.18. The van der Waals surface area contributed by atoms with Crippen LogP contribution in [0.3, 0.4) is 0 Å². The molecule has 0 fully saturated rings. The van der Waals surface area contributed by atoms with Crippen molar-refractivity contribution in [3.8, 4) is 0 Å². The van der Waals surface area contributed by atoms with Crippen LogP contribution in [-0.4, -0.2) is 81.2 Å². The Morgan fingerprint density at radius 1 is 1.15 bits per heavy atom. The molecule has 0 aliphatic rings. The average Bonchev–Trinajstić information content (AvgIpc) is 3.27. The first-order valence-corrected chi connectivity index (χ1v) is 10.7. The molecular weight excluding hydrogens is 454 g/mol. The van der Waals surface area contributed by atoms with Crippen LogP contribution >= 0.6 is 12.6 Å². The van der Waals surface area contributed by atoms with Gasteiger partial charge in [-0.2, -0.15) is 12.6 Å². The molecule has 184 valence electrons. The Kier molecular flexibility index (Phi) is 11.7. The van der Waals surface area contributed by atoms with Crippen LogP contribution in [0.1, 0.15) is 25.5 Å². The number of rotatable bonds is 14. The van der Waals surface area contributed by atoms with Crippen LogP contribution in [-0.2, 0) is 25.6 Å². The summed E-state index contributed by atoms with van der Waals surface area (Å²) in [5.41, 5.74) is 16.8. The number of carboxylic acids is 1. The zero-order valence-corrected chi connectivity index (χ0v) is 19.0. The Morgan fingerprint density at radius 2 is 1.79 bits per heavy atom. The second-order valence-electron chi connectivity index (χ2n) is 7.21. The summed E-state index contributed by atoms with van der Waals surface area (Å²) in [5.74, 6) is -3.28. The topological polar surface area (TPSA) is 244 Å². The number of carbonyl (C=O) groups excluding carboxylic acids is 3. The van der Waals surface area contributed by atoms with E-state index in [2.05, 4.69) is 43.5 Å². The van der Waals surface area contributed by atoms with Crippen LogP contribution in [0.4, 0.5) is 0 Å². The molecule has 0 aliphatic heterocycles. The molecule has 4 atom stereocenters. The highest BCUT2D eigenvalue weighted by Crippen LogP contribution is 2.04. The van der Waals surface area contributed by atoms with Gasteiger partial charge in [-0.1, -0.05) is 0 Å². The van der Waals surface area contributed by atoms with Crippen LogP contribution in [0, 0.1) is 0 Å². The number of carbonyl (C=O) groups is 4. The molecule has 0 bridgehead atoms. The number of carboxylic acid groups (broad SMARTS) is 1. The predicted molar refractivity (Wildman–Crippen MR) is 123 cm³/mol. The number of imidazole rings is 1. The van der Waals surface area contributed by atoms with Crippen molar-refractivity contribution >= 4 is 42.3 Å². The molecule has 0 saturated heterocycles. The number of aromatic nitrogens is 2. The molecule has 0 aromatic carbocycles. The monoisotopic (exact) mass is 485 g/mol. The Labute approximate surface area is 195 Å². The van der Waals surface area contributed by atoms with Crippen LogP contribution < -0.4 is 33.2 Å². The zero-order valence-electron chi connectivity index (χ0n) is 18.2. The van der Waals surface area contributed by atoms with Gasteiger partial charge >= 0.3 is 5.97 Å². The van der Waals surface area contributed by atoms with E-state index in [-0.39, 0.29) is 31.1 Å². The fraction of sp³-hybridized carbons (Fsp3) is 0.556. The minimum absolute atomic E-state index is 0.0464. The molecule has 14 nitrogen and oxygen atoms in total. The molecule has 0 aliphatic carbocycles. The third-order valence-corrected chi connectivity index (χ3v) is 4.85. The first kappa shape index (κ1) is 27.7. The van der Waals surface area contributed by atoms with Crippen molar-refractivity contribution < 1.29 is 24.3 Å². The molecule has 15 heteroatoms. The molecular formula is C18H31N9O5S. The SMILES string of the molecule is CC(NC(=O)C(CCCN=C(N)N)NC(=O)C(Cc1cnc[nH]1)NC(=O)C(N)CS)C(=O)O. The second kappa shape index (κ2) is 13.9. The highest BCUT2D eigenvalue weighted by atomic mass is 32.1. The summed E-state index contributed by atoms with van der Waals surface area (Å²) in [4.78, 5) is 59.5. The van der Waals surface area contributed by atoms with E-state index >= 15 is 0 Å². The fourth-order valence-electron chi connectivity index (χ4n) is 2.61. The van der Waals surface area contributed by atoms with E-state index in [1.54, 1.807) is 0 Å². The van der Waals surface area contributed by atoms with Gasteiger partial charge in [0.05, 0.1) is 12.4 Å². The molecule has 3 amide bonds. The number of hydrogen-bond acceptors (Lipinski definition) is 8. The van der Waals surface area contributed by atoms with Crippen LogP contribution in [0.5, 0.6) is 0 Å². The highest BCUT2D eigenvalue weighted by molar-refractivity contribution is 7.80. The summed E-state index contributed by atoms with van der Waals surface area (Å²) < 4.78 is 0. The number of nitrogens with two attached hydrogens (primary N) is 3. The molecule has 0 spiro atoms. The summed E-state index contributed by atoms with van der Waals surface area (Å²) >= 11 is 3.98. The van der Waals surface area contributed by atoms with Crippen molar-refractivity contribution in [1.29, 1.82) is 0 Å². The summed E-state index contributed by atoms with van der Waals surface area (Å²) in [6.45, 7) is 1.49. The van der Waals surface area contributed by atoms with Gasteiger partial charge in [0.25, 0.3) is 0 Å². The van der Waals surface area contributed by atoms with Gasteiger partial charge < -0.3 is 43.2 Å². The van der Waals surface area contributed by atoms with E-state index in [0.29, 0.717) is 12.1 Å². The first-order valence-electron chi connectivity index (χ1n) is 10.1. The zero-order chi connectivity index (χ0) is 25.0. The molecule has 1 aromatic heterocycles. The lowest BCUT2D eigenvalue weighted by atomic mass is 10.1. The van der Waals surface area contributed by atoms with Crippen LogP contribution in [0.25, 0.3) is 0 Å². The van der Waals surface area contributed by atoms with Gasteiger partial charge in [0.15, 0.2) is 5.96 Å². The Balaban J connectivity index is 2.99. The van der Waals surface area contributed by atoms with Crippen molar-refractivity contribution in [3.63, 3.8) is 0 Å². The van der Waals surface area contributed by atoms with Crippen molar-refractivity contribution in [3.05, 3.63) is 18.2 Å². The second-order valence-corrected chi connectivity index (χ2v) is 7.57. The van der Waals surface area contributed by atoms with E-state index in [0.717, 1.165) is 0 Å². The maximum atomic E-state index is 13.0. The lowest BCUT2D eigenvalue weighted by Crippen LogP contribution is -2.57. The van der Waals surface area contributed by atoms with E-state index in [1.807, 2.05) is 0 Å². The Bertz CT molecular complexity index is 829. The van der Waals surface area contributed by atoms with Crippen molar-refractivity contribution in [2.45, 2.75) is 50.4 Å². The first-order chi connectivity index (χ1) is 15.5.